The second-order valence-electron chi connectivity index (χ2n) is 8.60. The van der Waals surface area contributed by atoms with Crippen LogP contribution in [-0.2, 0) is 6.42 Å². The lowest BCUT2D eigenvalue weighted by Gasteiger charge is -2.42. The molecule has 1 heterocycles. The fourth-order valence-corrected chi connectivity index (χ4v) is 3.81. The number of aryl methyl sites for hydroxylation is 1. The van der Waals surface area contributed by atoms with Crippen LogP contribution in [0.5, 0.6) is 0 Å². The first-order valence-corrected chi connectivity index (χ1v) is 10.4. The van der Waals surface area contributed by atoms with Gasteiger partial charge >= 0.3 is 0 Å². The van der Waals surface area contributed by atoms with Crippen molar-refractivity contribution in [2.24, 2.45) is 4.99 Å². The van der Waals surface area contributed by atoms with Gasteiger partial charge < -0.3 is 15.1 Å². The average molecular weight is 419 g/mol. The van der Waals surface area contributed by atoms with Gasteiger partial charge in [0.05, 0.1) is 6.54 Å². The van der Waals surface area contributed by atoms with E-state index in [2.05, 4.69) is 28.4 Å². The Morgan fingerprint density at radius 1 is 1.27 bits per heavy atom. The first-order chi connectivity index (χ1) is 14.0. The van der Waals surface area contributed by atoms with Crippen LogP contribution >= 0.6 is 0 Å². The molecule has 0 saturated carbocycles. The van der Waals surface area contributed by atoms with Crippen LogP contribution in [0.25, 0.3) is 0 Å². The number of aliphatic imine (C=N–C) groups is 1. The first kappa shape index (κ1) is 24.1. The Kier molecular flexibility index (Phi) is 7.81. The predicted molar refractivity (Wildman–Crippen MR) is 122 cm³/mol. The van der Waals surface area contributed by atoms with Crippen LogP contribution in [0, 0.1) is 19.7 Å². The molecule has 1 aromatic rings. The normalized spacial score (nSPS) is 17.4. The van der Waals surface area contributed by atoms with Gasteiger partial charge in [-0.2, -0.15) is 0 Å². The number of alkyl halides is 1. The fraction of sp³-hybridized carbons (Fsp3) is 0.542. The minimum atomic E-state index is -1.49. The summed E-state index contributed by atoms with van der Waals surface area (Å²) in [5.74, 6) is 0.591. The van der Waals surface area contributed by atoms with Gasteiger partial charge in [0.25, 0.3) is 0 Å². The first-order valence-electron chi connectivity index (χ1n) is 10.4. The molecule has 1 saturated heterocycles. The molecule has 1 aliphatic heterocycles. The van der Waals surface area contributed by atoms with Crippen molar-refractivity contribution in [1.82, 2.24) is 15.1 Å². The van der Waals surface area contributed by atoms with Gasteiger partial charge in [-0.1, -0.05) is 13.2 Å². The number of nitrogens with zero attached hydrogens (tertiary/aromatic N) is 3. The third-order valence-corrected chi connectivity index (χ3v) is 6.05. The summed E-state index contributed by atoms with van der Waals surface area (Å²) in [6.07, 6.45) is 1.46. The van der Waals surface area contributed by atoms with Crippen molar-refractivity contribution in [3.63, 3.8) is 0 Å². The molecule has 0 spiro atoms. The molecular formula is C24H36F2N4. The van der Waals surface area contributed by atoms with Gasteiger partial charge in [0.2, 0.25) is 0 Å². The van der Waals surface area contributed by atoms with Crippen molar-refractivity contribution >= 4 is 5.84 Å². The molecule has 0 amide bonds. The SMILES string of the molecule is C=C(CC(Cc1cc(F)cc(C)c1C)NC)N1CCN(C(=C)C(C)(C)F)C(=NC)C1. The number of rotatable bonds is 8. The van der Waals surface area contributed by atoms with Crippen LogP contribution in [0.1, 0.15) is 37.0 Å². The third kappa shape index (κ3) is 5.69. The monoisotopic (exact) mass is 418 g/mol. The smallest absolute Gasteiger partial charge is 0.144 e. The van der Waals surface area contributed by atoms with Crippen LogP contribution in [0.3, 0.4) is 0 Å². The molecule has 1 unspecified atom stereocenters. The number of nitrogens with one attached hydrogen (secondary N) is 1. The largest absolute Gasteiger partial charge is 0.366 e. The van der Waals surface area contributed by atoms with Crippen molar-refractivity contribution in [3.8, 4) is 0 Å². The Morgan fingerprint density at radius 3 is 2.50 bits per heavy atom. The van der Waals surface area contributed by atoms with Gasteiger partial charge in [-0.05, 0) is 70.0 Å². The fourth-order valence-electron chi connectivity index (χ4n) is 3.81. The lowest BCUT2D eigenvalue weighted by molar-refractivity contribution is 0.201. The number of halogens is 2. The van der Waals surface area contributed by atoms with Crippen molar-refractivity contribution < 1.29 is 8.78 Å². The summed E-state index contributed by atoms with van der Waals surface area (Å²) in [5, 5.41) is 3.34. The van der Waals surface area contributed by atoms with Gasteiger partial charge in [0.15, 0.2) is 0 Å². The summed E-state index contributed by atoms with van der Waals surface area (Å²) in [4.78, 5) is 8.43. The molecule has 0 aromatic heterocycles. The zero-order valence-corrected chi connectivity index (χ0v) is 19.3. The lowest BCUT2D eigenvalue weighted by Crippen LogP contribution is -2.51. The molecule has 1 N–H and O–H groups in total. The average Bonchev–Trinajstić information content (AvgIpc) is 2.69. The van der Waals surface area contributed by atoms with E-state index in [1.165, 1.54) is 13.8 Å². The zero-order valence-electron chi connectivity index (χ0n) is 19.3. The van der Waals surface area contributed by atoms with Crippen LogP contribution in [0.2, 0.25) is 0 Å². The van der Waals surface area contributed by atoms with E-state index in [-0.39, 0.29) is 11.9 Å². The quantitative estimate of drug-likeness (QED) is 0.680. The van der Waals surface area contributed by atoms with Crippen LogP contribution in [0.15, 0.2) is 41.7 Å². The van der Waals surface area contributed by atoms with E-state index < -0.39 is 5.67 Å². The van der Waals surface area contributed by atoms with E-state index in [9.17, 15) is 8.78 Å². The summed E-state index contributed by atoms with van der Waals surface area (Å²) in [7, 11) is 3.64. The van der Waals surface area contributed by atoms with E-state index >= 15 is 0 Å². The molecule has 0 aliphatic carbocycles. The molecule has 2 rings (SSSR count). The van der Waals surface area contributed by atoms with Crippen molar-refractivity contribution in [1.29, 1.82) is 0 Å². The second kappa shape index (κ2) is 9.73. The number of amidine groups is 1. The second-order valence-corrected chi connectivity index (χ2v) is 8.60. The van der Waals surface area contributed by atoms with Crippen molar-refractivity contribution in [2.75, 3.05) is 33.7 Å². The van der Waals surface area contributed by atoms with Gasteiger partial charge in [-0.25, -0.2) is 8.78 Å². The van der Waals surface area contributed by atoms with Gasteiger partial charge in [0, 0.05) is 44.0 Å². The molecular weight excluding hydrogens is 382 g/mol. The topological polar surface area (TPSA) is 30.9 Å². The van der Waals surface area contributed by atoms with E-state index in [0.29, 0.717) is 18.8 Å². The lowest BCUT2D eigenvalue weighted by atomic mass is 9.95. The number of hydrogen-bond acceptors (Lipinski definition) is 3. The summed E-state index contributed by atoms with van der Waals surface area (Å²) >= 11 is 0. The number of likely N-dealkylation sites (N-methyl/N-ethyl adjacent to an activating group) is 1. The highest BCUT2D eigenvalue weighted by atomic mass is 19.1. The molecule has 166 valence electrons. The maximum absolute atomic E-state index is 14.4. The molecule has 0 bridgehead atoms. The molecule has 1 fully saturated rings. The highest BCUT2D eigenvalue weighted by molar-refractivity contribution is 5.86. The van der Waals surface area contributed by atoms with E-state index in [1.807, 2.05) is 25.8 Å². The maximum atomic E-state index is 14.4. The minimum Gasteiger partial charge on any atom is -0.366 e. The van der Waals surface area contributed by atoms with Gasteiger partial charge in [-0.15, -0.1) is 0 Å². The summed E-state index contributed by atoms with van der Waals surface area (Å²) in [6, 6.07) is 3.33. The molecule has 30 heavy (non-hydrogen) atoms. The zero-order chi connectivity index (χ0) is 22.6. The highest BCUT2D eigenvalue weighted by Gasteiger charge is 2.32. The van der Waals surface area contributed by atoms with Crippen LogP contribution in [-0.4, -0.2) is 61.1 Å². The van der Waals surface area contributed by atoms with Crippen molar-refractivity contribution in [2.45, 2.75) is 52.2 Å². The minimum absolute atomic E-state index is 0.136. The van der Waals surface area contributed by atoms with E-state index in [0.717, 1.165) is 47.6 Å². The molecule has 6 heteroatoms. The van der Waals surface area contributed by atoms with E-state index in [1.54, 1.807) is 19.2 Å². The molecule has 1 aromatic carbocycles. The molecule has 1 atom stereocenters. The standard InChI is InChI=1S/C24H36F2N4/c1-16-11-21(25)13-20(18(16)3)14-22(27-7)12-17(2)29-9-10-30(23(15-29)28-8)19(4)24(5,6)26/h11,13,22,27H,2,4,9-10,12,14-15H2,1,3,5-8H3. The molecule has 4 nitrogen and oxygen atoms in total. The van der Waals surface area contributed by atoms with E-state index in [4.69, 9.17) is 0 Å². The Morgan fingerprint density at radius 2 is 1.93 bits per heavy atom. The van der Waals surface area contributed by atoms with Crippen LogP contribution in [0.4, 0.5) is 8.78 Å². The Bertz CT molecular complexity index is 823. The number of allylic oxidation sites excluding steroid dienone is 1. The molecule has 1 aliphatic rings. The number of piperazine rings is 1. The number of hydrogen-bond donors (Lipinski definition) is 1. The summed E-state index contributed by atoms with van der Waals surface area (Å²) in [6.45, 7) is 17.1. The Hall–Kier alpha value is -2.21. The number of benzene rings is 1. The predicted octanol–water partition coefficient (Wildman–Crippen LogP) is 4.38. The Balaban J connectivity index is 2.06. The third-order valence-electron chi connectivity index (χ3n) is 6.05. The highest BCUT2D eigenvalue weighted by Crippen LogP contribution is 2.26. The van der Waals surface area contributed by atoms with Gasteiger partial charge in [0.1, 0.15) is 17.3 Å². The summed E-state index contributed by atoms with van der Waals surface area (Å²) in [5.41, 5.74) is 3.04. The van der Waals surface area contributed by atoms with Crippen molar-refractivity contribution in [3.05, 3.63) is 59.2 Å². The molecule has 0 radical (unpaired) electrons. The summed E-state index contributed by atoms with van der Waals surface area (Å²) < 4.78 is 28.3. The maximum Gasteiger partial charge on any atom is 0.144 e. The Labute approximate surface area is 180 Å². The van der Waals surface area contributed by atoms with Gasteiger partial charge in [-0.3, -0.25) is 4.99 Å². The van der Waals surface area contributed by atoms with Crippen LogP contribution < -0.4 is 5.32 Å².